The van der Waals surface area contributed by atoms with Gasteiger partial charge in [0.05, 0.1) is 11.1 Å². The first-order valence-electron chi connectivity index (χ1n) is 4.19. The van der Waals surface area contributed by atoms with Crippen molar-refractivity contribution in [1.82, 2.24) is 4.98 Å². The van der Waals surface area contributed by atoms with Gasteiger partial charge in [-0.2, -0.15) is 0 Å². The minimum atomic E-state index is 0.690. The number of rotatable bonds is 3. The molecule has 13 heavy (non-hydrogen) atoms. The predicted molar refractivity (Wildman–Crippen MR) is 57.9 cm³/mol. The highest BCUT2D eigenvalue weighted by Crippen LogP contribution is 2.31. The van der Waals surface area contributed by atoms with Crippen LogP contribution < -0.4 is 4.74 Å². The predicted octanol–water partition coefficient (Wildman–Crippen LogP) is 3.40. The summed E-state index contributed by atoms with van der Waals surface area (Å²) in [6, 6.07) is 1.94. The van der Waals surface area contributed by atoms with E-state index >= 15 is 0 Å². The molecule has 1 saturated carbocycles. The normalized spacial score (nSPS) is 15.8. The second kappa shape index (κ2) is 3.96. The zero-order chi connectivity index (χ0) is 9.26. The maximum Gasteiger partial charge on any atom is 0.228 e. The van der Waals surface area contributed by atoms with Crippen LogP contribution in [0, 0.1) is 5.92 Å². The van der Waals surface area contributed by atoms with E-state index in [1.165, 1.54) is 12.8 Å². The Hall–Kier alpha value is -0.0900. The van der Waals surface area contributed by atoms with E-state index in [1.807, 2.05) is 6.07 Å². The molecule has 0 saturated heterocycles. The highest BCUT2D eigenvalue weighted by Gasteiger charge is 2.22. The molecule has 0 N–H and O–H groups in total. The molecule has 0 spiro atoms. The van der Waals surface area contributed by atoms with E-state index in [9.17, 15) is 0 Å². The lowest BCUT2D eigenvalue weighted by molar-refractivity contribution is 0.286. The minimum Gasteiger partial charge on any atom is -0.477 e. The highest BCUT2D eigenvalue weighted by molar-refractivity contribution is 9.11. The maximum atomic E-state index is 5.54. The lowest BCUT2D eigenvalue weighted by Crippen LogP contribution is -2.01. The number of hydrogen-bond donors (Lipinski definition) is 0. The van der Waals surface area contributed by atoms with Crippen LogP contribution in [0.1, 0.15) is 12.8 Å². The van der Waals surface area contributed by atoms with Gasteiger partial charge in [0.25, 0.3) is 0 Å². The average molecular weight is 307 g/mol. The molecule has 2 nitrogen and oxygen atoms in total. The van der Waals surface area contributed by atoms with Gasteiger partial charge in [0.1, 0.15) is 0 Å². The van der Waals surface area contributed by atoms with E-state index in [-0.39, 0.29) is 0 Å². The van der Waals surface area contributed by atoms with Crippen LogP contribution in [0.15, 0.2) is 21.2 Å². The van der Waals surface area contributed by atoms with Crippen molar-refractivity contribution in [3.8, 4) is 5.88 Å². The first-order valence-corrected chi connectivity index (χ1v) is 5.78. The third-order valence-corrected chi connectivity index (χ3v) is 2.93. The van der Waals surface area contributed by atoms with Crippen LogP contribution in [0.3, 0.4) is 0 Å². The van der Waals surface area contributed by atoms with Gasteiger partial charge in [-0.05, 0) is 56.7 Å². The highest BCUT2D eigenvalue weighted by atomic mass is 79.9. The quantitative estimate of drug-likeness (QED) is 0.854. The average Bonchev–Trinajstić information content (AvgIpc) is 2.86. The summed E-state index contributed by atoms with van der Waals surface area (Å²) < 4.78 is 7.40. The van der Waals surface area contributed by atoms with Crippen LogP contribution >= 0.6 is 31.9 Å². The second-order valence-corrected chi connectivity index (χ2v) is 4.96. The van der Waals surface area contributed by atoms with Crippen LogP contribution in [-0.2, 0) is 0 Å². The molecular weight excluding hydrogens is 298 g/mol. The van der Waals surface area contributed by atoms with E-state index in [0.29, 0.717) is 5.88 Å². The summed E-state index contributed by atoms with van der Waals surface area (Å²) in [4.78, 5) is 4.16. The van der Waals surface area contributed by atoms with Crippen molar-refractivity contribution in [2.45, 2.75) is 12.8 Å². The summed E-state index contributed by atoms with van der Waals surface area (Å²) in [6.45, 7) is 0.799. The molecule has 70 valence electrons. The van der Waals surface area contributed by atoms with Crippen molar-refractivity contribution in [2.24, 2.45) is 5.92 Å². The molecule has 2 rings (SSSR count). The molecule has 1 fully saturated rings. The number of hydrogen-bond acceptors (Lipinski definition) is 2. The third-order valence-electron chi connectivity index (χ3n) is 1.93. The Kier molecular flexibility index (Phi) is 2.89. The summed E-state index contributed by atoms with van der Waals surface area (Å²) in [5, 5.41) is 0. The molecule has 1 aliphatic carbocycles. The van der Waals surface area contributed by atoms with Crippen molar-refractivity contribution < 1.29 is 4.74 Å². The first-order chi connectivity index (χ1) is 6.25. The molecule has 0 amide bonds. The van der Waals surface area contributed by atoms with Gasteiger partial charge in [0.2, 0.25) is 5.88 Å². The molecule has 0 atom stereocenters. The SMILES string of the molecule is Brc1cnc(OCC2CC2)c(Br)c1. The zero-order valence-corrected chi connectivity index (χ0v) is 10.1. The maximum absolute atomic E-state index is 5.54. The van der Waals surface area contributed by atoms with E-state index in [1.54, 1.807) is 6.20 Å². The van der Waals surface area contributed by atoms with Crippen molar-refractivity contribution in [1.29, 1.82) is 0 Å². The monoisotopic (exact) mass is 305 g/mol. The van der Waals surface area contributed by atoms with E-state index in [2.05, 4.69) is 36.8 Å². The molecule has 4 heteroatoms. The van der Waals surface area contributed by atoms with Gasteiger partial charge >= 0.3 is 0 Å². The van der Waals surface area contributed by atoms with Gasteiger partial charge < -0.3 is 4.74 Å². The summed E-state index contributed by atoms with van der Waals surface area (Å²) >= 11 is 6.74. The fourth-order valence-corrected chi connectivity index (χ4v) is 2.09. The number of pyridine rings is 1. The Balaban J connectivity index is 2.01. The molecule has 1 aromatic heterocycles. The van der Waals surface area contributed by atoms with Gasteiger partial charge in [0, 0.05) is 10.7 Å². The number of halogens is 2. The standard InChI is InChI=1S/C9H9Br2NO/c10-7-3-8(11)9(12-4-7)13-5-6-1-2-6/h3-4,6H,1-2,5H2. The Morgan fingerprint density at radius 1 is 1.46 bits per heavy atom. The van der Waals surface area contributed by atoms with Gasteiger partial charge in [0.15, 0.2) is 0 Å². The van der Waals surface area contributed by atoms with Crippen LogP contribution in [0.25, 0.3) is 0 Å². The Morgan fingerprint density at radius 3 is 2.85 bits per heavy atom. The summed E-state index contributed by atoms with van der Waals surface area (Å²) in [6.07, 6.45) is 4.34. The molecule has 0 unspecified atom stereocenters. The molecule has 0 aliphatic heterocycles. The van der Waals surface area contributed by atoms with Gasteiger partial charge in [-0.25, -0.2) is 4.98 Å². The van der Waals surface area contributed by atoms with E-state index < -0.39 is 0 Å². The number of ether oxygens (including phenoxy) is 1. The van der Waals surface area contributed by atoms with Crippen molar-refractivity contribution in [2.75, 3.05) is 6.61 Å². The molecule has 1 heterocycles. The van der Waals surface area contributed by atoms with E-state index in [4.69, 9.17) is 4.74 Å². The number of aromatic nitrogens is 1. The molecule has 0 bridgehead atoms. The molecule has 0 radical (unpaired) electrons. The zero-order valence-electron chi connectivity index (χ0n) is 6.96. The Bertz CT molecular complexity index is 312. The minimum absolute atomic E-state index is 0.690. The third kappa shape index (κ3) is 2.68. The molecular formula is C9H9Br2NO. The first kappa shape index (κ1) is 9.46. The van der Waals surface area contributed by atoms with Crippen LogP contribution in [0.2, 0.25) is 0 Å². The topological polar surface area (TPSA) is 22.1 Å². The summed E-state index contributed by atoms with van der Waals surface area (Å²) in [5.41, 5.74) is 0. The van der Waals surface area contributed by atoms with Crippen molar-refractivity contribution in [3.05, 3.63) is 21.2 Å². The summed E-state index contributed by atoms with van der Waals surface area (Å²) in [5.74, 6) is 1.45. The lowest BCUT2D eigenvalue weighted by atomic mass is 10.4. The fraction of sp³-hybridized carbons (Fsp3) is 0.444. The molecule has 0 aromatic carbocycles. The van der Waals surface area contributed by atoms with Crippen LogP contribution in [0.4, 0.5) is 0 Å². The van der Waals surface area contributed by atoms with Gasteiger partial charge in [-0.3, -0.25) is 0 Å². The second-order valence-electron chi connectivity index (χ2n) is 3.19. The van der Waals surface area contributed by atoms with Crippen molar-refractivity contribution in [3.63, 3.8) is 0 Å². The summed E-state index contributed by atoms with van der Waals surface area (Å²) in [7, 11) is 0. The Labute approximate surface area is 94.0 Å². The van der Waals surface area contributed by atoms with Crippen LogP contribution in [-0.4, -0.2) is 11.6 Å². The fourth-order valence-electron chi connectivity index (χ4n) is 0.990. The van der Waals surface area contributed by atoms with Crippen LogP contribution in [0.5, 0.6) is 5.88 Å². The van der Waals surface area contributed by atoms with Gasteiger partial charge in [-0.1, -0.05) is 0 Å². The van der Waals surface area contributed by atoms with Gasteiger partial charge in [-0.15, -0.1) is 0 Å². The largest absolute Gasteiger partial charge is 0.477 e. The Morgan fingerprint density at radius 2 is 2.23 bits per heavy atom. The molecule has 1 aromatic rings. The van der Waals surface area contributed by atoms with E-state index in [0.717, 1.165) is 21.5 Å². The number of nitrogens with zero attached hydrogens (tertiary/aromatic N) is 1. The van der Waals surface area contributed by atoms with Crippen molar-refractivity contribution >= 4 is 31.9 Å². The molecule has 1 aliphatic rings. The smallest absolute Gasteiger partial charge is 0.228 e. The lowest BCUT2D eigenvalue weighted by Gasteiger charge is -2.05.